The molecule has 2 amide bonds. The first-order chi connectivity index (χ1) is 16.4. The first kappa shape index (κ1) is 24.0. The van der Waals surface area contributed by atoms with Gasteiger partial charge in [-0.15, -0.1) is 0 Å². The Bertz CT molecular complexity index is 1230. The van der Waals surface area contributed by atoms with Crippen LogP contribution < -0.4 is 19.9 Å². The highest BCUT2D eigenvalue weighted by Gasteiger charge is 2.34. The second kappa shape index (κ2) is 10.8. The van der Waals surface area contributed by atoms with Gasteiger partial charge < -0.3 is 9.47 Å². The Kier molecular flexibility index (Phi) is 7.63. The molecule has 174 valence electrons. The summed E-state index contributed by atoms with van der Waals surface area (Å²) in [6.07, 6.45) is 2.00. The number of carbonyl (C=O) groups is 2. The van der Waals surface area contributed by atoms with E-state index in [-0.39, 0.29) is 10.6 Å². The predicted molar refractivity (Wildman–Crippen MR) is 134 cm³/mol. The van der Waals surface area contributed by atoms with Gasteiger partial charge >= 0.3 is 0 Å². The average Bonchev–Trinajstić information content (AvgIpc) is 3.10. The minimum atomic E-state index is -0.535. The smallest absolute Gasteiger partial charge is 0.282 e. The van der Waals surface area contributed by atoms with Crippen molar-refractivity contribution in [2.75, 3.05) is 18.2 Å². The zero-order valence-electron chi connectivity index (χ0n) is 17.8. The van der Waals surface area contributed by atoms with Crippen LogP contribution in [0.2, 0.25) is 15.1 Å². The second-order valence-corrected chi connectivity index (χ2v) is 8.57. The molecule has 1 aliphatic heterocycles. The number of para-hydroxylation sites is 1. The number of anilines is 1. The third-order valence-corrected chi connectivity index (χ3v) is 5.61. The fourth-order valence-corrected chi connectivity index (χ4v) is 3.96. The van der Waals surface area contributed by atoms with Crippen molar-refractivity contribution in [3.8, 4) is 11.5 Å². The Morgan fingerprint density at radius 3 is 2.29 bits per heavy atom. The maximum absolute atomic E-state index is 12.9. The summed E-state index contributed by atoms with van der Waals surface area (Å²) in [5.74, 6) is -0.00113. The van der Waals surface area contributed by atoms with Crippen LogP contribution in [0, 0.1) is 0 Å². The lowest BCUT2D eigenvalue weighted by molar-refractivity contribution is -0.117. The monoisotopic (exact) mass is 516 g/mol. The average molecular weight is 518 g/mol. The summed E-state index contributed by atoms with van der Waals surface area (Å²) in [5.41, 5.74) is 3.47. The van der Waals surface area contributed by atoms with Crippen LogP contribution in [0.15, 0.2) is 72.3 Å². The lowest BCUT2D eigenvalue weighted by Crippen LogP contribution is -2.35. The van der Waals surface area contributed by atoms with Gasteiger partial charge in [0, 0.05) is 22.0 Å². The molecule has 3 aromatic carbocycles. The SMILES string of the molecule is O=C1NN(c2ccccc2)C(=O)/C1=C\c1cc(Cl)cc(Cl)c1OCCCOc1ccc(Cl)cc1. The molecule has 1 heterocycles. The van der Waals surface area contributed by atoms with Crippen LogP contribution >= 0.6 is 34.8 Å². The van der Waals surface area contributed by atoms with E-state index < -0.39 is 11.8 Å². The quantitative estimate of drug-likeness (QED) is 0.228. The molecule has 9 heteroatoms. The van der Waals surface area contributed by atoms with Crippen LogP contribution in [0.1, 0.15) is 12.0 Å². The van der Waals surface area contributed by atoms with Crippen molar-refractivity contribution >= 4 is 58.4 Å². The van der Waals surface area contributed by atoms with E-state index in [0.717, 1.165) is 0 Å². The molecule has 0 aliphatic carbocycles. The van der Waals surface area contributed by atoms with Gasteiger partial charge in [-0.3, -0.25) is 15.0 Å². The van der Waals surface area contributed by atoms with E-state index in [1.54, 1.807) is 54.6 Å². The molecule has 0 unspecified atom stereocenters. The third-order valence-electron chi connectivity index (χ3n) is 4.86. The van der Waals surface area contributed by atoms with Crippen LogP contribution in [-0.4, -0.2) is 25.0 Å². The standard InChI is InChI=1S/C25H19Cl3N2O4/c26-17-7-9-20(10-8-17)33-11-4-12-34-23-16(13-18(27)15-22(23)28)14-21-24(31)29-30(25(21)32)19-5-2-1-3-6-19/h1-3,5-10,13-15H,4,11-12H2,(H,29,31)/b21-14-. The maximum Gasteiger partial charge on any atom is 0.282 e. The van der Waals surface area contributed by atoms with Crippen molar-refractivity contribution in [2.45, 2.75) is 6.42 Å². The van der Waals surface area contributed by atoms with Crippen molar-refractivity contribution in [3.05, 3.63) is 92.9 Å². The van der Waals surface area contributed by atoms with Crippen molar-refractivity contribution in [1.29, 1.82) is 0 Å². The molecule has 0 atom stereocenters. The number of halogens is 3. The number of nitrogens with zero attached hydrogens (tertiary/aromatic N) is 1. The molecule has 1 aliphatic rings. The Balaban J connectivity index is 1.47. The van der Waals surface area contributed by atoms with Crippen molar-refractivity contribution in [2.24, 2.45) is 0 Å². The molecular weight excluding hydrogens is 499 g/mol. The zero-order valence-corrected chi connectivity index (χ0v) is 20.0. The first-order valence-corrected chi connectivity index (χ1v) is 11.5. The van der Waals surface area contributed by atoms with Gasteiger partial charge in [0.05, 0.1) is 23.9 Å². The highest BCUT2D eigenvalue weighted by Crippen LogP contribution is 2.35. The lowest BCUT2D eigenvalue weighted by Gasteiger charge is -2.14. The highest BCUT2D eigenvalue weighted by molar-refractivity contribution is 6.36. The first-order valence-electron chi connectivity index (χ1n) is 10.3. The predicted octanol–water partition coefficient (Wildman–Crippen LogP) is 5.96. The molecule has 34 heavy (non-hydrogen) atoms. The van der Waals surface area contributed by atoms with Gasteiger partial charge in [0.25, 0.3) is 11.8 Å². The van der Waals surface area contributed by atoms with Gasteiger partial charge in [-0.2, -0.15) is 0 Å². The summed E-state index contributed by atoms with van der Waals surface area (Å²) in [6.45, 7) is 0.706. The minimum absolute atomic E-state index is 0.0573. The summed E-state index contributed by atoms with van der Waals surface area (Å²) in [6, 6.07) is 19.0. The summed E-state index contributed by atoms with van der Waals surface area (Å²) in [7, 11) is 0. The molecule has 0 radical (unpaired) electrons. The number of ether oxygens (including phenoxy) is 2. The molecule has 1 saturated heterocycles. The van der Waals surface area contributed by atoms with E-state index in [0.29, 0.717) is 52.4 Å². The van der Waals surface area contributed by atoms with Gasteiger partial charge in [0.1, 0.15) is 17.1 Å². The van der Waals surface area contributed by atoms with Gasteiger partial charge in [0.15, 0.2) is 0 Å². The lowest BCUT2D eigenvalue weighted by atomic mass is 10.1. The van der Waals surface area contributed by atoms with Crippen molar-refractivity contribution < 1.29 is 19.1 Å². The number of hydrogen-bond acceptors (Lipinski definition) is 4. The van der Waals surface area contributed by atoms with E-state index in [9.17, 15) is 9.59 Å². The molecule has 1 fully saturated rings. The number of carbonyl (C=O) groups excluding carboxylic acids is 2. The van der Waals surface area contributed by atoms with Crippen LogP contribution in [0.5, 0.6) is 11.5 Å². The number of benzene rings is 3. The highest BCUT2D eigenvalue weighted by atomic mass is 35.5. The van der Waals surface area contributed by atoms with E-state index in [2.05, 4.69) is 5.43 Å². The molecule has 6 nitrogen and oxygen atoms in total. The molecule has 0 bridgehead atoms. The van der Waals surface area contributed by atoms with E-state index in [1.807, 2.05) is 6.07 Å². The number of hydrogen-bond donors (Lipinski definition) is 1. The normalized spacial score (nSPS) is 14.4. The summed E-state index contributed by atoms with van der Waals surface area (Å²) in [5, 5.41) is 2.44. The maximum atomic E-state index is 12.9. The van der Waals surface area contributed by atoms with Crippen LogP contribution in [0.4, 0.5) is 5.69 Å². The Hall–Kier alpha value is -3.19. The van der Waals surface area contributed by atoms with Crippen LogP contribution in [-0.2, 0) is 9.59 Å². The third kappa shape index (κ3) is 5.65. The van der Waals surface area contributed by atoms with E-state index >= 15 is 0 Å². The largest absolute Gasteiger partial charge is 0.493 e. The van der Waals surface area contributed by atoms with Gasteiger partial charge in [-0.05, 0) is 54.6 Å². The summed E-state index contributed by atoms with van der Waals surface area (Å²) >= 11 is 18.4. The molecular formula is C25H19Cl3N2O4. The summed E-state index contributed by atoms with van der Waals surface area (Å²) < 4.78 is 11.5. The van der Waals surface area contributed by atoms with E-state index in [4.69, 9.17) is 44.3 Å². The number of rotatable bonds is 8. The number of hydrazine groups is 1. The molecule has 1 N–H and O–H groups in total. The van der Waals surface area contributed by atoms with Gasteiger partial charge in [-0.1, -0.05) is 53.0 Å². The Morgan fingerprint density at radius 2 is 1.56 bits per heavy atom. The molecule has 0 aromatic heterocycles. The van der Waals surface area contributed by atoms with Crippen molar-refractivity contribution in [3.63, 3.8) is 0 Å². The van der Waals surface area contributed by atoms with Crippen LogP contribution in [0.3, 0.4) is 0 Å². The molecule has 0 spiro atoms. The number of amides is 2. The van der Waals surface area contributed by atoms with Crippen molar-refractivity contribution in [1.82, 2.24) is 5.43 Å². The van der Waals surface area contributed by atoms with Gasteiger partial charge in [-0.25, -0.2) is 5.01 Å². The fourth-order valence-electron chi connectivity index (χ4n) is 3.27. The van der Waals surface area contributed by atoms with Gasteiger partial charge in [0.2, 0.25) is 0 Å². The topological polar surface area (TPSA) is 67.9 Å². The summed E-state index contributed by atoms with van der Waals surface area (Å²) in [4.78, 5) is 25.4. The fraction of sp³-hybridized carbons (Fsp3) is 0.120. The van der Waals surface area contributed by atoms with E-state index in [1.165, 1.54) is 17.2 Å². The molecule has 4 rings (SSSR count). The van der Waals surface area contributed by atoms with Crippen LogP contribution in [0.25, 0.3) is 6.08 Å². The molecule has 0 saturated carbocycles. The molecule has 3 aromatic rings. The number of nitrogens with one attached hydrogen (secondary N) is 1. The Labute approximate surface area is 211 Å². The zero-order chi connectivity index (χ0) is 24.1. The minimum Gasteiger partial charge on any atom is -0.493 e. The Morgan fingerprint density at radius 1 is 0.853 bits per heavy atom. The second-order valence-electron chi connectivity index (χ2n) is 7.29.